The maximum absolute atomic E-state index is 13.1. The first-order valence-corrected chi connectivity index (χ1v) is 10.3. The molecule has 0 saturated carbocycles. The van der Waals surface area contributed by atoms with E-state index in [0.29, 0.717) is 18.5 Å². The van der Waals surface area contributed by atoms with Gasteiger partial charge in [-0.25, -0.2) is 4.79 Å². The molecule has 0 N–H and O–H groups in total. The maximum Gasteiger partial charge on any atom is 0.494 e. The van der Waals surface area contributed by atoms with Crippen molar-refractivity contribution in [2.45, 2.75) is 91.2 Å². The number of ether oxygens (including phenoxy) is 1. The van der Waals surface area contributed by atoms with Crippen molar-refractivity contribution >= 4 is 24.5 Å². The van der Waals surface area contributed by atoms with Gasteiger partial charge in [0.15, 0.2) is 0 Å². The third kappa shape index (κ3) is 4.08. The van der Waals surface area contributed by atoms with Crippen molar-refractivity contribution in [3.8, 4) is 0 Å². The minimum Gasteiger partial charge on any atom is -0.458 e. The highest BCUT2D eigenvalue weighted by atomic mass is 16.7. The molecule has 1 unspecified atom stereocenters. The van der Waals surface area contributed by atoms with Crippen LogP contribution in [0.25, 0.3) is 0 Å². The fraction of sp³-hybridized carbons (Fsp3) is 0.636. The number of esters is 1. The summed E-state index contributed by atoms with van der Waals surface area (Å²) in [6.07, 6.45) is 0.499. The third-order valence-electron chi connectivity index (χ3n) is 5.93. The first kappa shape index (κ1) is 21.8. The van der Waals surface area contributed by atoms with E-state index in [1.54, 1.807) is 4.90 Å². The molecule has 1 saturated heterocycles. The van der Waals surface area contributed by atoms with Crippen LogP contribution in [-0.2, 0) is 25.4 Å². The van der Waals surface area contributed by atoms with Gasteiger partial charge in [0.2, 0.25) is 0 Å². The molecule has 1 fully saturated rings. The van der Waals surface area contributed by atoms with Gasteiger partial charge in [0, 0.05) is 12.1 Å². The van der Waals surface area contributed by atoms with Crippen LogP contribution in [0.4, 0.5) is 0 Å². The van der Waals surface area contributed by atoms with Crippen molar-refractivity contribution in [1.29, 1.82) is 0 Å². The number of amides is 1. The van der Waals surface area contributed by atoms with Crippen LogP contribution in [0.5, 0.6) is 0 Å². The lowest BCUT2D eigenvalue weighted by Gasteiger charge is -2.32. The largest absolute Gasteiger partial charge is 0.494 e. The minimum atomic E-state index is -0.602. The predicted octanol–water partition coefficient (Wildman–Crippen LogP) is 3.06. The van der Waals surface area contributed by atoms with Crippen LogP contribution in [0.2, 0.25) is 0 Å². The van der Waals surface area contributed by atoms with Crippen LogP contribution in [0, 0.1) is 0 Å². The van der Waals surface area contributed by atoms with E-state index < -0.39 is 30.0 Å². The highest BCUT2D eigenvalue weighted by Crippen LogP contribution is 2.37. The summed E-state index contributed by atoms with van der Waals surface area (Å²) in [5.74, 6) is -0.525. The van der Waals surface area contributed by atoms with E-state index in [2.05, 4.69) is 0 Å². The summed E-state index contributed by atoms with van der Waals surface area (Å²) in [6, 6.07) is 5.10. The molecule has 158 valence electrons. The number of carbonyl (C=O) groups excluding carboxylic acids is 2. The van der Waals surface area contributed by atoms with E-state index in [1.807, 2.05) is 73.6 Å². The Balaban J connectivity index is 1.82. The Kier molecular flexibility index (Phi) is 5.37. The SMILES string of the molecule is CCC(C(=O)OC(C)(C)C)N1Cc2ccc(B3OC(C)(C)C(C)(C)O3)cc2C1=O. The third-order valence-corrected chi connectivity index (χ3v) is 5.93. The van der Waals surface area contributed by atoms with Gasteiger partial charge in [0.1, 0.15) is 11.6 Å². The average Bonchev–Trinajstić information content (AvgIpc) is 3.00. The van der Waals surface area contributed by atoms with E-state index in [4.69, 9.17) is 14.0 Å². The molecule has 2 aliphatic heterocycles. The smallest absolute Gasteiger partial charge is 0.458 e. The summed E-state index contributed by atoms with van der Waals surface area (Å²) < 4.78 is 17.8. The van der Waals surface area contributed by atoms with Crippen molar-refractivity contribution < 1.29 is 23.6 Å². The first-order chi connectivity index (χ1) is 13.3. The monoisotopic (exact) mass is 401 g/mol. The Labute approximate surface area is 174 Å². The zero-order valence-electron chi connectivity index (χ0n) is 18.8. The van der Waals surface area contributed by atoms with Crippen molar-refractivity contribution in [1.82, 2.24) is 4.90 Å². The van der Waals surface area contributed by atoms with Gasteiger partial charge in [-0.15, -0.1) is 0 Å². The van der Waals surface area contributed by atoms with E-state index in [0.717, 1.165) is 11.0 Å². The van der Waals surface area contributed by atoms with Gasteiger partial charge in [-0.05, 0) is 72.0 Å². The Hall–Kier alpha value is -1.86. The van der Waals surface area contributed by atoms with Crippen LogP contribution in [0.15, 0.2) is 18.2 Å². The number of rotatable bonds is 4. The number of nitrogens with zero attached hydrogens (tertiary/aromatic N) is 1. The summed E-state index contributed by atoms with van der Waals surface area (Å²) in [5.41, 5.74) is 0.816. The van der Waals surface area contributed by atoms with Crippen LogP contribution in [0.1, 0.15) is 77.7 Å². The molecular formula is C22H32BNO5. The normalized spacial score (nSPS) is 21.3. The molecule has 2 heterocycles. The summed E-state index contributed by atoms with van der Waals surface area (Å²) in [6.45, 7) is 15.8. The molecule has 7 heteroatoms. The predicted molar refractivity (Wildman–Crippen MR) is 112 cm³/mol. The number of benzene rings is 1. The lowest BCUT2D eigenvalue weighted by atomic mass is 9.78. The summed E-state index contributed by atoms with van der Waals surface area (Å²) in [4.78, 5) is 27.4. The molecule has 0 aliphatic carbocycles. The van der Waals surface area contributed by atoms with Gasteiger partial charge in [-0.2, -0.15) is 0 Å². The van der Waals surface area contributed by atoms with Gasteiger partial charge in [-0.1, -0.05) is 19.1 Å². The van der Waals surface area contributed by atoms with Gasteiger partial charge >= 0.3 is 13.1 Å². The Morgan fingerprint density at radius 2 is 1.79 bits per heavy atom. The molecule has 1 atom stereocenters. The molecule has 3 rings (SSSR count). The van der Waals surface area contributed by atoms with Crippen molar-refractivity contribution in [3.63, 3.8) is 0 Å². The molecule has 6 nitrogen and oxygen atoms in total. The Morgan fingerprint density at radius 3 is 2.31 bits per heavy atom. The molecule has 0 spiro atoms. The van der Waals surface area contributed by atoms with Crippen molar-refractivity contribution in [3.05, 3.63) is 29.3 Å². The lowest BCUT2D eigenvalue weighted by Crippen LogP contribution is -2.44. The fourth-order valence-electron chi connectivity index (χ4n) is 3.60. The quantitative estimate of drug-likeness (QED) is 0.573. The van der Waals surface area contributed by atoms with Crippen LogP contribution < -0.4 is 5.46 Å². The molecule has 0 aromatic heterocycles. The highest BCUT2D eigenvalue weighted by Gasteiger charge is 2.52. The summed E-state index contributed by atoms with van der Waals surface area (Å²) in [7, 11) is -0.528. The Morgan fingerprint density at radius 1 is 1.21 bits per heavy atom. The highest BCUT2D eigenvalue weighted by molar-refractivity contribution is 6.62. The van der Waals surface area contributed by atoms with E-state index in [1.165, 1.54) is 0 Å². The number of hydrogen-bond donors (Lipinski definition) is 0. The second-order valence-corrected chi connectivity index (χ2v) is 9.90. The maximum atomic E-state index is 13.1. The topological polar surface area (TPSA) is 65.1 Å². The molecule has 2 aliphatic rings. The van der Waals surface area contributed by atoms with Crippen molar-refractivity contribution in [2.75, 3.05) is 0 Å². The Bertz CT molecular complexity index is 811. The standard InChI is InChI=1S/C22H32BNO5/c1-9-17(19(26)27-20(2,3)4)24-13-14-10-11-15(12-16(14)18(24)25)23-28-21(5,6)22(7,8)29-23/h10-12,17H,9,13H2,1-8H3. The molecule has 1 aromatic carbocycles. The minimum absolute atomic E-state index is 0.156. The molecule has 1 amide bonds. The van der Waals surface area contributed by atoms with Crippen LogP contribution in [-0.4, -0.2) is 46.7 Å². The van der Waals surface area contributed by atoms with Gasteiger partial charge in [0.05, 0.1) is 11.2 Å². The second-order valence-electron chi connectivity index (χ2n) is 9.90. The van der Waals surface area contributed by atoms with E-state index >= 15 is 0 Å². The van der Waals surface area contributed by atoms with Gasteiger partial charge < -0.3 is 18.9 Å². The van der Waals surface area contributed by atoms with Crippen LogP contribution >= 0.6 is 0 Å². The molecule has 0 bridgehead atoms. The average molecular weight is 401 g/mol. The molecule has 1 aromatic rings. The van der Waals surface area contributed by atoms with Gasteiger partial charge in [-0.3, -0.25) is 4.79 Å². The number of hydrogen-bond acceptors (Lipinski definition) is 5. The zero-order chi connectivity index (χ0) is 21.8. The van der Waals surface area contributed by atoms with Crippen LogP contribution in [0.3, 0.4) is 0 Å². The summed E-state index contributed by atoms with van der Waals surface area (Å²) in [5, 5.41) is 0. The summed E-state index contributed by atoms with van der Waals surface area (Å²) >= 11 is 0. The molecular weight excluding hydrogens is 369 g/mol. The lowest BCUT2D eigenvalue weighted by molar-refractivity contribution is -0.160. The van der Waals surface area contributed by atoms with Crippen molar-refractivity contribution in [2.24, 2.45) is 0 Å². The zero-order valence-corrected chi connectivity index (χ0v) is 18.8. The molecule has 29 heavy (non-hydrogen) atoms. The van der Waals surface area contributed by atoms with Gasteiger partial charge in [0.25, 0.3) is 5.91 Å². The second kappa shape index (κ2) is 7.13. The van der Waals surface area contributed by atoms with E-state index in [9.17, 15) is 9.59 Å². The van der Waals surface area contributed by atoms with E-state index in [-0.39, 0.29) is 11.9 Å². The number of carbonyl (C=O) groups is 2. The molecule has 0 radical (unpaired) electrons. The first-order valence-electron chi connectivity index (χ1n) is 10.3. The number of fused-ring (bicyclic) bond motifs is 1. The fourth-order valence-corrected chi connectivity index (χ4v) is 3.60.